The molecule has 1 saturated carbocycles. The zero-order valence-electron chi connectivity index (χ0n) is 11.2. The monoisotopic (exact) mass is 221 g/mol. The first-order valence-corrected chi connectivity index (χ1v) is 6.81. The van der Waals surface area contributed by atoms with Gasteiger partial charge in [-0.25, -0.2) is 0 Å². The highest BCUT2D eigenvalue weighted by Gasteiger charge is 2.34. The maximum Gasteiger partial charge on any atom is 0.0684 e. The molecule has 0 spiro atoms. The first-order chi connectivity index (χ1) is 7.62. The maximum absolute atomic E-state index is 5.50. The molecule has 0 aliphatic heterocycles. The Kier molecular flexibility index (Phi) is 5.35. The molecule has 0 aromatic rings. The van der Waals surface area contributed by atoms with Gasteiger partial charge < -0.3 is 5.32 Å². The van der Waals surface area contributed by atoms with Crippen LogP contribution in [0.4, 0.5) is 0 Å². The van der Waals surface area contributed by atoms with Crippen molar-refractivity contribution in [1.82, 2.24) is 5.32 Å². The summed E-state index contributed by atoms with van der Waals surface area (Å²) in [6.45, 7) is 7.94. The average Bonchev–Trinajstić information content (AvgIpc) is 2.67. The summed E-state index contributed by atoms with van der Waals surface area (Å²) >= 11 is 0. The predicted molar refractivity (Wildman–Crippen MR) is 71.3 cm³/mol. The van der Waals surface area contributed by atoms with Gasteiger partial charge in [0.1, 0.15) is 0 Å². The smallest absolute Gasteiger partial charge is 0.0684 e. The Bertz CT molecular complexity index is 230. The van der Waals surface area contributed by atoms with Gasteiger partial charge in [0.2, 0.25) is 0 Å². The summed E-state index contributed by atoms with van der Waals surface area (Å²) in [7, 11) is 0. The van der Waals surface area contributed by atoms with Gasteiger partial charge in [-0.1, -0.05) is 39.5 Å². The second-order valence-electron chi connectivity index (χ2n) is 5.81. The van der Waals surface area contributed by atoms with Crippen LogP contribution in [0, 0.1) is 23.7 Å². The number of hydrogen-bond donors (Lipinski definition) is 1. The second-order valence-corrected chi connectivity index (χ2v) is 5.81. The molecule has 0 heterocycles. The van der Waals surface area contributed by atoms with Gasteiger partial charge in [0.25, 0.3) is 0 Å². The Labute approximate surface area is 101 Å². The van der Waals surface area contributed by atoms with E-state index in [4.69, 9.17) is 6.42 Å². The van der Waals surface area contributed by atoms with Gasteiger partial charge in [-0.3, -0.25) is 0 Å². The van der Waals surface area contributed by atoms with Gasteiger partial charge in [-0.2, -0.15) is 0 Å². The summed E-state index contributed by atoms with van der Waals surface area (Å²) < 4.78 is 0. The molecule has 1 aliphatic rings. The summed E-state index contributed by atoms with van der Waals surface area (Å²) in [5, 5.41) is 3.57. The van der Waals surface area contributed by atoms with Crippen molar-refractivity contribution >= 4 is 0 Å². The van der Waals surface area contributed by atoms with Crippen LogP contribution in [0.1, 0.15) is 59.3 Å². The van der Waals surface area contributed by atoms with E-state index in [2.05, 4.69) is 32.0 Å². The lowest BCUT2D eigenvalue weighted by Crippen LogP contribution is -2.38. The molecule has 92 valence electrons. The molecule has 1 atom stereocenters. The minimum Gasteiger partial charge on any atom is -0.303 e. The third-order valence-electron chi connectivity index (χ3n) is 3.84. The lowest BCUT2D eigenvalue weighted by molar-refractivity contribution is 0.219. The third kappa shape index (κ3) is 3.83. The Morgan fingerprint density at radius 1 is 1.31 bits per heavy atom. The van der Waals surface area contributed by atoms with Crippen LogP contribution < -0.4 is 5.32 Å². The Morgan fingerprint density at radius 3 is 2.38 bits per heavy atom. The van der Waals surface area contributed by atoms with Crippen LogP contribution in [0.15, 0.2) is 0 Å². The summed E-state index contributed by atoms with van der Waals surface area (Å²) in [6.07, 6.45) is 13.5. The number of nitrogens with one attached hydrogen (secondary N) is 1. The summed E-state index contributed by atoms with van der Waals surface area (Å²) in [6, 6.07) is 0.268. The van der Waals surface area contributed by atoms with Crippen molar-refractivity contribution in [3.8, 4) is 12.3 Å². The van der Waals surface area contributed by atoms with E-state index in [-0.39, 0.29) is 6.04 Å². The zero-order valence-corrected chi connectivity index (χ0v) is 11.2. The lowest BCUT2D eigenvalue weighted by Gasteiger charge is -2.32. The zero-order chi connectivity index (χ0) is 12.0. The fraction of sp³-hybridized carbons (Fsp3) is 0.867. The molecule has 0 amide bonds. The van der Waals surface area contributed by atoms with E-state index in [9.17, 15) is 0 Å². The number of rotatable bonds is 6. The molecule has 1 aliphatic carbocycles. The van der Waals surface area contributed by atoms with Crippen molar-refractivity contribution in [2.45, 2.75) is 65.3 Å². The second kappa shape index (κ2) is 6.30. The van der Waals surface area contributed by atoms with Crippen LogP contribution in [0.2, 0.25) is 0 Å². The topological polar surface area (TPSA) is 12.0 Å². The fourth-order valence-corrected chi connectivity index (χ4v) is 3.10. The normalized spacial score (nSPS) is 20.9. The van der Waals surface area contributed by atoms with E-state index < -0.39 is 0 Å². The molecule has 1 rings (SSSR count). The quantitative estimate of drug-likeness (QED) is 0.676. The average molecular weight is 221 g/mol. The highest BCUT2D eigenvalue weighted by atomic mass is 14.9. The molecule has 0 aromatic heterocycles. The molecule has 0 radical (unpaired) electrons. The third-order valence-corrected chi connectivity index (χ3v) is 3.84. The molecule has 1 unspecified atom stereocenters. The lowest BCUT2D eigenvalue weighted by atomic mass is 9.78. The van der Waals surface area contributed by atoms with Gasteiger partial charge in [0.05, 0.1) is 6.04 Å². The van der Waals surface area contributed by atoms with E-state index in [0.29, 0.717) is 5.41 Å². The minimum absolute atomic E-state index is 0.268. The van der Waals surface area contributed by atoms with Crippen LogP contribution in [0.25, 0.3) is 0 Å². The summed E-state index contributed by atoms with van der Waals surface area (Å²) in [5.74, 6) is 3.63. The van der Waals surface area contributed by atoms with Crippen LogP contribution in [-0.2, 0) is 0 Å². The van der Waals surface area contributed by atoms with Crippen molar-refractivity contribution in [1.29, 1.82) is 0 Å². The predicted octanol–water partition coefficient (Wildman–Crippen LogP) is 3.59. The molecule has 1 nitrogen and oxygen atoms in total. The van der Waals surface area contributed by atoms with Gasteiger partial charge in [-0.05, 0) is 37.0 Å². The molecular weight excluding hydrogens is 194 g/mol. The largest absolute Gasteiger partial charge is 0.303 e. The highest BCUT2D eigenvalue weighted by molar-refractivity contribution is 4.99. The first kappa shape index (κ1) is 13.6. The molecule has 0 saturated heterocycles. The van der Waals surface area contributed by atoms with E-state index >= 15 is 0 Å². The van der Waals surface area contributed by atoms with Crippen LogP contribution in [0.3, 0.4) is 0 Å². The SMILES string of the molecule is C#CC(CC)NCC1(CC(C)C)CCCC1. The van der Waals surface area contributed by atoms with Gasteiger partial charge >= 0.3 is 0 Å². The Hall–Kier alpha value is -0.480. The molecule has 1 heteroatoms. The molecule has 1 fully saturated rings. The van der Waals surface area contributed by atoms with Crippen LogP contribution >= 0.6 is 0 Å². The molecular formula is C15H27N. The van der Waals surface area contributed by atoms with E-state index in [1.165, 1.54) is 32.1 Å². The van der Waals surface area contributed by atoms with E-state index in [1.807, 2.05) is 0 Å². The Balaban J connectivity index is 2.48. The number of hydrogen-bond acceptors (Lipinski definition) is 1. The minimum atomic E-state index is 0.268. The van der Waals surface area contributed by atoms with Crippen molar-refractivity contribution in [2.75, 3.05) is 6.54 Å². The molecule has 0 bridgehead atoms. The van der Waals surface area contributed by atoms with Gasteiger partial charge in [-0.15, -0.1) is 6.42 Å². The summed E-state index contributed by atoms with van der Waals surface area (Å²) in [5.41, 5.74) is 0.540. The first-order valence-electron chi connectivity index (χ1n) is 6.81. The van der Waals surface area contributed by atoms with Gasteiger partial charge in [0.15, 0.2) is 0 Å². The summed E-state index contributed by atoms with van der Waals surface area (Å²) in [4.78, 5) is 0. The van der Waals surface area contributed by atoms with E-state index in [0.717, 1.165) is 18.9 Å². The van der Waals surface area contributed by atoms with Crippen LogP contribution in [0.5, 0.6) is 0 Å². The van der Waals surface area contributed by atoms with Crippen molar-refractivity contribution < 1.29 is 0 Å². The molecule has 1 N–H and O–H groups in total. The maximum atomic E-state index is 5.50. The van der Waals surface area contributed by atoms with Crippen molar-refractivity contribution in [3.63, 3.8) is 0 Å². The number of terminal acetylenes is 1. The molecule has 16 heavy (non-hydrogen) atoms. The highest BCUT2D eigenvalue weighted by Crippen LogP contribution is 2.42. The standard InChI is InChI=1S/C15H27N/c1-5-14(6-2)16-12-15(11-13(3)4)9-7-8-10-15/h1,13-14,16H,6-12H2,2-4H3. The fourth-order valence-electron chi connectivity index (χ4n) is 3.10. The van der Waals surface area contributed by atoms with Gasteiger partial charge in [0, 0.05) is 6.54 Å². The molecule has 0 aromatic carbocycles. The van der Waals surface area contributed by atoms with Crippen LogP contribution in [-0.4, -0.2) is 12.6 Å². The van der Waals surface area contributed by atoms with E-state index in [1.54, 1.807) is 0 Å². The van der Waals surface area contributed by atoms with Crippen molar-refractivity contribution in [2.24, 2.45) is 11.3 Å². The Morgan fingerprint density at radius 2 is 1.94 bits per heavy atom. The van der Waals surface area contributed by atoms with Crippen molar-refractivity contribution in [3.05, 3.63) is 0 Å².